The van der Waals surface area contributed by atoms with E-state index in [-0.39, 0.29) is 45.3 Å². The lowest BCUT2D eigenvalue weighted by Crippen LogP contribution is -2.18. The number of rotatable bonds is 12. The molecule has 4 aliphatic heterocycles. The molecular weight excluding hydrogens is 1270 g/mol. The Morgan fingerprint density at radius 3 is 0.627 bits per heavy atom. The zero-order chi connectivity index (χ0) is 74.0. The van der Waals surface area contributed by atoms with Crippen LogP contribution in [-0.2, 0) is 112 Å². The van der Waals surface area contributed by atoms with Gasteiger partial charge >= 0.3 is 11.9 Å². The summed E-state index contributed by atoms with van der Waals surface area (Å²) in [5.74, 6) is 1.80. The molecule has 6 aromatic rings. The van der Waals surface area contributed by atoms with Crippen molar-refractivity contribution in [2.24, 2.45) is 0 Å². The van der Waals surface area contributed by atoms with Gasteiger partial charge in [0.15, 0.2) is 0 Å². The molecule has 10 rings (SSSR count). The fourth-order valence-corrected chi connectivity index (χ4v) is 14.5. The second kappa shape index (κ2) is 34.0. The molecule has 556 valence electrons. The number of hydrogen-bond acceptors (Lipinski definition) is 10. The van der Waals surface area contributed by atoms with Crippen LogP contribution in [0.15, 0.2) is 72.8 Å². The van der Waals surface area contributed by atoms with Crippen LogP contribution in [0, 0.1) is 0 Å². The summed E-state index contributed by atoms with van der Waals surface area (Å²) in [5, 5.41) is 19.8. The predicted molar refractivity (Wildman–Crippen MR) is 413 cm³/mol. The molecule has 4 aliphatic rings. The molecule has 0 aliphatic carbocycles. The number of unbranched alkanes of at least 4 members (excludes halogenated alkanes) is 4. The van der Waals surface area contributed by atoms with Crippen LogP contribution in [-0.4, -0.2) is 101 Å². The third-order valence-corrected chi connectivity index (χ3v) is 20.6. The summed E-state index contributed by atoms with van der Waals surface area (Å²) in [6, 6.07) is 29.0. The van der Waals surface area contributed by atoms with Gasteiger partial charge in [0.2, 0.25) is 0 Å². The smallest absolute Gasteiger partial charge is 0.303 e. The molecule has 0 aromatic heterocycles. The number of benzene rings is 6. The van der Waals surface area contributed by atoms with Crippen molar-refractivity contribution in [3.8, 4) is 23.0 Å². The predicted octanol–water partition coefficient (Wildman–Crippen LogP) is 19.3. The van der Waals surface area contributed by atoms with Crippen LogP contribution in [0.4, 0.5) is 0 Å². The summed E-state index contributed by atoms with van der Waals surface area (Å²) < 4.78 is 55.3. The quantitative estimate of drug-likeness (QED) is 0.0886. The molecule has 0 amide bonds. The zero-order valence-corrected chi connectivity index (χ0v) is 65.7. The molecule has 0 radical (unpaired) electrons. The van der Waals surface area contributed by atoms with Crippen molar-refractivity contribution >= 4 is 11.9 Å². The molecule has 4 heterocycles. The largest absolute Gasteiger partial charge is 0.491 e. The molecule has 102 heavy (non-hydrogen) atoms. The summed E-state index contributed by atoms with van der Waals surface area (Å²) in [4.78, 5) is 24.1. The van der Waals surface area contributed by atoms with Crippen LogP contribution in [0.3, 0.4) is 0 Å². The normalized spacial score (nSPS) is 15.9. The summed E-state index contributed by atoms with van der Waals surface area (Å²) in [7, 11) is 0. The van der Waals surface area contributed by atoms with Gasteiger partial charge in [-0.3, -0.25) is 9.59 Å². The molecule has 2 N–H and O–H groups in total. The molecular formula is C90H124O12. The van der Waals surface area contributed by atoms with Gasteiger partial charge in [0, 0.05) is 51.4 Å². The third-order valence-electron chi connectivity index (χ3n) is 20.6. The van der Waals surface area contributed by atoms with Crippen LogP contribution in [0.2, 0.25) is 0 Å². The molecule has 6 aromatic carbocycles. The van der Waals surface area contributed by atoms with E-state index in [1.54, 1.807) is 0 Å². The van der Waals surface area contributed by atoms with Crippen molar-refractivity contribution in [3.63, 3.8) is 0 Å². The van der Waals surface area contributed by atoms with Crippen LogP contribution in [0.25, 0.3) is 0 Å². The molecule has 12 heteroatoms. The Morgan fingerprint density at radius 2 is 0.441 bits per heavy atom. The first-order chi connectivity index (χ1) is 48.0. The Hall–Kier alpha value is -6.70. The molecule has 0 saturated carbocycles. The topological polar surface area (TPSA) is 148 Å². The Morgan fingerprint density at radius 1 is 0.265 bits per heavy atom. The van der Waals surface area contributed by atoms with Crippen molar-refractivity contribution in [2.45, 2.75) is 260 Å². The Labute approximate surface area is 612 Å². The van der Waals surface area contributed by atoms with Crippen molar-refractivity contribution in [3.05, 3.63) is 184 Å². The number of ether oxygens (including phenoxy) is 8. The maximum atomic E-state index is 12.1. The number of hydrogen-bond donors (Lipinski definition) is 2. The van der Waals surface area contributed by atoms with E-state index in [0.717, 1.165) is 106 Å². The van der Waals surface area contributed by atoms with Crippen molar-refractivity contribution in [1.29, 1.82) is 0 Å². The van der Waals surface area contributed by atoms with Crippen LogP contribution < -0.4 is 18.9 Å². The number of carbonyl (C=O) groups is 2. The minimum Gasteiger partial charge on any atom is -0.491 e. The molecule has 0 saturated heterocycles. The van der Waals surface area contributed by atoms with E-state index < -0.39 is 11.9 Å². The molecule has 16 bridgehead atoms. The van der Waals surface area contributed by atoms with Gasteiger partial charge in [-0.05, 0) is 182 Å². The average molecular weight is 1400 g/mol. The Kier molecular flexibility index (Phi) is 26.5. The van der Waals surface area contributed by atoms with Gasteiger partial charge in [-0.15, -0.1) is 0 Å². The maximum absolute atomic E-state index is 12.1. The highest BCUT2D eigenvalue weighted by Crippen LogP contribution is 2.45. The SMILES string of the molecule is CC(C)(C)c1cc2c(CCCCCC(=O)O)c(c1)Cc1cc(C(C)(C)C)cc3c1OCCOCCOCCOc1c4cc(C(C)(C)C)cc1Cc1cc(C(C)(C)C)cc(c1OCCOCCOCCOc1c(cc(C(C)(C)C)cc1C3)Cc1cc(C(C)(C)C)cc(c1CCCCCC(=O)O)C4)C2. The number of fused-ring (bicyclic) bond motifs is 18. The van der Waals surface area contributed by atoms with E-state index in [0.29, 0.717) is 131 Å². The second-order valence-corrected chi connectivity index (χ2v) is 35.4. The molecule has 12 nitrogen and oxygen atoms in total. The summed E-state index contributed by atoms with van der Waals surface area (Å²) in [5.41, 5.74) is 21.7. The van der Waals surface area contributed by atoms with E-state index in [1.165, 1.54) is 66.8 Å². The van der Waals surface area contributed by atoms with E-state index >= 15 is 0 Å². The highest BCUT2D eigenvalue weighted by atomic mass is 16.6. The third kappa shape index (κ3) is 21.7. The van der Waals surface area contributed by atoms with Gasteiger partial charge in [0.25, 0.3) is 0 Å². The van der Waals surface area contributed by atoms with Gasteiger partial charge in [0.1, 0.15) is 49.4 Å². The van der Waals surface area contributed by atoms with Crippen molar-refractivity contribution in [1.82, 2.24) is 0 Å². The lowest BCUT2D eigenvalue weighted by Gasteiger charge is -2.29. The van der Waals surface area contributed by atoms with E-state index in [4.69, 9.17) is 37.9 Å². The zero-order valence-electron chi connectivity index (χ0n) is 65.7. The van der Waals surface area contributed by atoms with Gasteiger partial charge in [-0.2, -0.15) is 0 Å². The van der Waals surface area contributed by atoms with Gasteiger partial charge in [-0.25, -0.2) is 0 Å². The average Bonchev–Trinajstić information content (AvgIpc) is 0.778. The monoisotopic (exact) mass is 1400 g/mol. The lowest BCUT2D eigenvalue weighted by atomic mass is 9.77. The molecule has 0 atom stereocenters. The fourth-order valence-electron chi connectivity index (χ4n) is 14.5. The van der Waals surface area contributed by atoms with Gasteiger partial charge in [0.05, 0.1) is 52.9 Å². The van der Waals surface area contributed by atoms with E-state index in [2.05, 4.69) is 197 Å². The van der Waals surface area contributed by atoms with Crippen molar-refractivity contribution in [2.75, 3.05) is 79.3 Å². The molecule has 0 unspecified atom stereocenters. The highest BCUT2D eigenvalue weighted by molar-refractivity contribution is 5.67. The maximum Gasteiger partial charge on any atom is 0.303 e. The minimum atomic E-state index is -0.770. The first-order valence-electron chi connectivity index (χ1n) is 38.2. The fraction of sp³-hybridized carbons (Fsp3) is 0.578. The summed E-state index contributed by atoms with van der Waals surface area (Å²) >= 11 is 0. The van der Waals surface area contributed by atoms with Gasteiger partial charge < -0.3 is 48.1 Å². The second-order valence-electron chi connectivity index (χ2n) is 35.4. The number of aliphatic carboxylic acids is 2. The Bertz CT molecular complexity index is 3410. The van der Waals surface area contributed by atoms with E-state index in [9.17, 15) is 19.8 Å². The lowest BCUT2D eigenvalue weighted by molar-refractivity contribution is -0.138. The van der Waals surface area contributed by atoms with Crippen molar-refractivity contribution < 1.29 is 57.7 Å². The van der Waals surface area contributed by atoms with Gasteiger partial charge in [-0.1, -0.05) is 210 Å². The van der Waals surface area contributed by atoms with Crippen LogP contribution in [0.5, 0.6) is 23.0 Å². The van der Waals surface area contributed by atoms with Crippen LogP contribution in [0.1, 0.15) is 287 Å². The highest BCUT2D eigenvalue weighted by Gasteiger charge is 2.32. The Balaban J connectivity index is 1.50. The standard InChI is InChI=1S/C90H124O12/c1-85(2,3)71-47-59-41-63-51-73(87(7,8)9)55-67-45-69-57-75(89(13,14)15)53-65-43-61-49-72(86(4,5)6)50-62(78(61)26-22-20-24-28-80(93)94)44-66-54-76(90(16,17)18)58-70(84(66)102-40-36-98-31-29-95-33-37-99-81(63)67)46-68-56-74(88(10,11)12)52-64(42-60(48-71)77(59)25-21-19-23-27-79(91)92)82(68)100-38-34-96-30-32-97-35-39-101-83(65)69/h47-58H,19-46H2,1-18H3,(H,91,92)(H,93,94). The van der Waals surface area contributed by atoms with Crippen LogP contribution >= 0.6 is 0 Å². The molecule has 0 spiro atoms. The summed E-state index contributed by atoms with van der Waals surface area (Å²) in [6.07, 6.45) is 9.44. The minimum absolute atomic E-state index is 0.131. The number of carboxylic acid groups (broad SMARTS) is 2. The first kappa shape index (κ1) is 79.4. The number of carboxylic acids is 2. The van der Waals surface area contributed by atoms with E-state index in [1.807, 2.05) is 0 Å². The summed E-state index contributed by atoms with van der Waals surface area (Å²) in [6.45, 7) is 45.6. The molecule has 0 fully saturated rings. The first-order valence-corrected chi connectivity index (χ1v) is 38.2.